The Balaban J connectivity index is 1.71. The monoisotopic (exact) mass is 405 g/mol. The van der Waals surface area contributed by atoms with Gasteiger partial charge in [-0.25, -0.2) is 0 Å². The molecule has 1 aliphatic heterocycles. The van der Waals surface area contributed by atoms with E-state index in [1.165, 1.54) is 23.9 Å². The first kappa shape index (κ1) is 21.4. The van der Waals surface area contributed by atoms with Gasteiger partial charge in [0.1, 0.15) is 5.75 Å². The van der Waals surface area contributed by atoms with Crippen molar-refractivity contribution in [2.75, 3.05) is 37.7 Å². The molecule has 0 radical (unpaired) electrons. The van der Waals surface area contributed by atoms with Gasteiger partial charge in [-0.3, -0.25) is 14.5 Å². The summed E-state index contributed by atoms with van der Waals surface area (Å²) in [6, 6.07) is 5.81. The van der Waals surface area contributed by atoms with Crippen molar-refractivity contribution in [1.29, 1.82) is 0 Å². The third kappa shape index (κ3) is 8.08. The molecule has 1 aromatic carbocycles. The average molecular weight is 405 g/mol. The van der Waals surface area contributed by atoms with Crippen LogP contribution in [0.15, 0.2) is 24.3 Å². The third-order valence-corrected chi connectivity index (χ3v) is 4.97. The highest BCUT2D eigenvalue weighted by molar-refractivity contribution is 7.99. The van der Waals surface area contributed by atoms with E-state index in [1.807, 2.05) is 0 Å². The molecule has 27 heavy (non-hydrogen) atoms. The molecule has 0 atom stereocenters. The van der Waals surface area contributed by atoms with Gasteiger partial charge >= 0.3 is 6.36 Å². The molecule has 0 aliphatic carbocycles. The quantitative estimate of drug-likeness (QED) is 0.668. The van der Waals surface area contributed by atoms with E-state index in [0.717, 1.165) is 5.56 Å². The maximum atomic E-state index is 12.2. The Kier molecular flexibility index (Phi) is 7.78. The van der Waals surface area contributed by atoms with E-state index in [-0.39, 0.29) is 23.3 Å². The first-order valence-electron chi connectivity index (χ1n) is 8.44. The van der Waals surface area contributed by atoms with E-state index in [4.69, 9.17) is 5.73 Å². The molecule has 0 saturated carbocycles. The SMILES string of the molecule is NC(=O)CSCCC(=O)N1CCN(Cc2ccc(OC(F)(F)F)cc2)CC1. The molecule has 1 aromatic rings. The molecule has 1 saturated heterocycles. The van der Waals surface area contributed by atoms with Crippen LogP contribution in [0.2, 0.25) is 0 Å². The van der Waals surface area contributed by atoms with E-state index in [0.29, 0.717) is 44.9 Å². The molecule has 1 aliphatic rings. The summed E-state index contributed by atoms with van der Waals surface area (Å²) in [5, 5.41) is 0. The molecular weight excluding hydrogens is 383 g/mol. The zero-order valence-electron chi connectivity index (χ0n) is 14.7. The molecule has 2 amide bonds. The third-order valence-electron chi connectivity index (χ3n) is 3.99. The lowest BCUT2D eigenvalue weighted by molar-refractivity contribution is -0.274. The van der Waals surface area contributed by atoms with Gasteiger partial charge in [0.25, 0.3) is 0 Å². The number of carbonyl (C=O) groups is 2. The second-order valence-electron chi connectivity index (χ2n) is 6.12. The molecule has 0 spiro atoms. The minimum absolute atomic E-state index is 0.0558. The fourth-order valence-corrected chi connectivity index (χ4v) is 3.36. The van der Waals surface area contributed by atoms with Crippen molar-refractivity contribution in [3.05, 3.63) is 29.8 Å². The van der Waals surface area contributed by atoms with Crippen LogP contribution >= 0.6 is 11.8 Å². The summed E-state index contributed by atoms with van der Waals surface area (Å²) in [7, 11) is 0. The molecule has 2 N–H and O–H groups in total. The minimum Gasteiger partial charge on any atom is -0.406 e. The maximum Gasteiger partial charge on any atom is 0.573 e. The fraction of sp³-hybridized carbons (Fsp3) is 0.529. The largest absolute Gasteiger partial charge is 0.573 e. The number of rotatable bonds is 8. The van der Waals surface area contributed by atoms with Crippen LogP contribution in [-0.2, 0) is 16.1 Å². The number of benzene rings is 1. The Morgan fingerprint density at radius 1 is 1.11 bits per heavy atom. The molecule has 6 nitrogen and oxygen atoms in total. The van der Waals surface area contributed by atoms with Crippen LogP contribution in [0.1, 0.15) is 12.0 Å². The topological polar surface area (TPSA) is 75.9 Å². The molecule has 0 aromatic heterocycles. The van der Waals surface area contributed by atoms with Crippen molar-refractivity contribution in [3.8, 4) is 5.75 Å². The number of carbonyl (C=O) groups excluding carboxylic acids is 2. The smallest absolute Gasteiger partial charge is 0.406 e. The van der Waals surface area contributed by atoms with Gasteiger partial charge in [0.05, 0.1) is 5.75 Å². The number of ether oxygens (including phenoxy) is 1. The van der Waals surface area contributed by atoms with E-state index >= 15 is 0 Å². The van der Waals surface area contributed by atoms with Gasteiger partial charge in [-0.15, -0.1) is 13.2 Å². The van der Waals surface area contributed by atoms with Crippen LogP contribution in [0.5, 0.6) is 5.75 Å². The number of nitrogens with zero attached hydrogens (tertiary/aromatic N) is 2. The number of halogens is 3. The summed E-state index contributed by atoms with van der Waals surface area (Å²) < 4.78 is 40.4. The summed E-state index contributed by atoms with van der Waals surface area (Å²) in [6.45, 7) is 3.20. The lowest BCUT2D eigenvalue weighted by Gasteiger charge is -2.34. The van der Waals surface area contributed by atoms with Crippen molar-refractivity contribution >= 4 is 23.6 Å². The van der Waals surface area contributed by atoms with Gasteiger partial charge in [-0.05, 0) is 17.7 Å². The number of piperazine rings is 1. The van der Waals surface area contributed by atoms with Crippen LogP contribution in [0.3, 0.4) is 0 Å². The first-order chi connectivity index (χ1) is 12.7. The van der Waals surface area contributed by atoms with Crippen LogP contribution in [0.25, 0.3) is 0 Å². The Hall–Kier alpha value is -1.94. The zero-order chi connectivity index (χ0) is 19.9. The van der Waals surface area contributed by atoms with Gasteiger partial charge < -0.3 is 15.4 Å². The molecule has 0 unspecified atom stereocenters. The summed E-state index contributed by atoms with van der Waals surface area (Å²) in [5.74, 6) is 0.206. The molecule has 2 rings (SSSR count). The molecule has 10 heteroatoms. The number of hydrogen-bond donors (Lipinski definition) is 1. The van der Waals surface area contributed by atoms with Gasteiger partial charge in [0.2, 0.25) is 11.8 Å². The normalized spacial score (nSPS) is 15.6. The number of alkyl halides is 3. The molecular formula is C17H22F3N3O3S. The number of nitrogens with two attached hydrogens (primary N) is 1. The van der Waals surface area contributed by atoms with E-state index in [1.54, 1.807) is 17.0 Å². The maximum absolute atomic E-state index is 12.2. The van der Waals surface area contributed by atoms with Crippen molar-refractivity contribution in [2.45, 2.75) is 19.3 Å². The predicted octanol–water partition coefficient (Wildman–Crippen LogP) is 1.84. The fourth-order valence-electron chi connectivity index (χ4n) is 2.70. The number of thioether (sulfide) groups is 1. The molecule has 1 fully saturated rings. The Labute approximate surface area is 159 Å². The Bertz CT molecular complexity index is 633. The van der Waals surface area contributed by atoms with Crippen LogP contribution in [0, 0.1) is 0 Å². The summed E-state index contributed by atoms with van der Waals surface area (Å²) >= 11 is 1.35. The van der Waals surface area contributed by atoms with Crippen LogP contribution in [0.4, 0.5) is 13.2 Å². The number of hydrogen-bond acceptors (Lipinski definition) is 5. The highest BCUT2D eigenvalue weighted by Gasteiger charge is 2.31. The van der Waals surface area contributed by atoms with Gasteiger partial charge in [-0.2, -0.15) is 11.8 Å². The van der Waals surface area contributed by atoms with Crippen molar-refractivity contribution < 1.29 is 27.5 Å². The van der Waals surface area contributed by atoms with Crippen molar-refractivity contribution in [2.24, 2.45) is 5.73 Å². The Morgan fingerprint density at radius 3 is 2.30 bits per heavy atom. The van der Waals surface area contributed by atoms with Crippen LogP contribution < -0.4 is 10.5 Å². The minimum atomic E-state index is -4.69. The molecule has 150 valence electrons. The van der Waals surface area contributed by atoms with E-state index in [9.17, 15) is 22.8 Å². The van der Waals surface area contributed by atoms with Crippen molar-refractivity contribution in [1.82, 2.24) is 9.80 Å². The molecule has 1 heterocycles. The lowest BCUT2D eigenvalue weighted by atomic mass is 10.2. The number of primary amides is 1. The number of amides is 2. The lowest BCUT2D eigenvalue weighted by Crippen LogP contribution is -2.48. The van der Waals surface area contributed by atoms with Crippen molar-refractivity contribution in [3.63, 3.8) is 0 Å². The standard InChI is InChI=1S/C17H22F3N3O3S/c18-17(19,20)26-14-3-1-13(2-4-14)11-22-6-8-23(9-7-22)16(25)5-10-27-12-15(21)24/h1-4H,5-12H2,(H2,21,24). The highest BCUT2D eigenvalue weighted by Crippen LogP contribution is 2.23. The summed E-state index contributed by atoms with van der Waals surface area (Å²) in [4.78, 5) is 26.7. The molecule has 0 bridgehead atoms. The van der Waals surface area contributed by atoms with Gasteiger partial charge in [0.15, 0.2) is 0 Å². The summed E-state index contributed by atoms with van der Waals surface area (Å²) in [5.41, 5.74) is 5.93. The van der Waals surface area contributed by atoms with E-state index in [2.05, 4.69) is 9.64 Å². The van der Waals surface area contributed by atoms with Crippen LogP contribution in [-0.4, -0.2) is 65.7 Å². The van der Waals surface area contributed by atoms with Gasteiger partial charge in [-0.1, -0.05) is 12.1 Å². The summed E-state index contributed by atoms with van der Waals surface area (Å²) in [6.07, 6.45) is -4.32. The predicted molar refractivity (Wildman–Crippen MR) is 96.1 cm³/mol. The Morgan fingerprint density at radius 2 is 1.74 bits per heavy atom. The van der Waals surface area contributed by atoms with Gasteiger partial charge in [0, 0.05) is 44.9 Å². The average Bonchev–Trinajstić information content (AvgIpc) is 2.59. The highest BCUT2D eigenvalue weighted by atomic mass is 32.2. The first-order valence-corrected chi connectivity index (χ1v) is 9.59. The second kappa shape index (κ2) is 9.84. The second-order valence-corrected chi connectivity index (χ2v) is 7.22. The zero-order valence-corrected chi connectivity index (χ0v) is 15.5. The van der Waals surface area contributed by atoms with E-state index < -0.39 is 6.36 Å².